The van der Waals surface area contributed by atoms with E-state index in [4.69, 9.17) is 0 Å². The fourth-order valence-electron chi connectivity index (χ4n) is 2.36. The van der Waals surface area contributed by atoms with E-state index in [1.165, 1.54) is 23.9 Å². The minimum absolute atomic E-state index is 0.0273. The van der Waals surface area contributed by atoms with Crippen molar-refractivity contribution in [2.24, 2.45) is 5.41 Å². The van der Waals surface area contributed by atoms with Crippen molar-refractivity contribution in [3.63, 3.8) is 0 Å². The molecule has 0 saturated heterocycles. The highest BCUT2D eigenvalue weighted by molar-refractivity contribution is 8.00. The lowest BCUT2D eigenvalue weighted by Crippen LogP contribution is -2.22. The molecule has 0 aliphatic carbocycles. The number of rotatable bonds is 6. The number of benzene rings is 2. The van der Waals surface area contributed by atoms with Crippen LogP contribution in [0.3, 0.4) is 0 Å². The summed E-state index contributed by atoms with van der Waals surface area (Å²) in [5.41, 5.74) is 0.824. The smallest absolute Gasteiger partial charge is 0.237 e. The highest BCUT2D eigenvalue weighted by Gasteiger charge is 2.17. The maximum atomic E-state index is 13.6. The first-order valence-electron chi connectivity index (χ1n) is 8.76. The van der Waals surface area contributed by atoms with Gasteiger partial charge in [-0.25, -0.2) is 4.39 Å². The molecule has 0 heterocycles. The van der Waals surface area contributed by atoms with E-state index in [0.717, 1.165) is 10.6 Å². The third-order valence-corrected chi connectivity index (χ3v) is 4.75. The number of carbonyl (C=O) groups excluding carboxylic acids is 2. The molecule has 0 aliphatic heterocycles. The second-order valence-electron chi connectivity index (χ2n) is 7.54. The average Bonchev–Trinajstić information content (AvgIpc) is 2.57. The van der Waals surface area contributed by atoms with E-state index in [1.807, 2.05) is 45.0 Å². The SMILES string of the molecule is CC(Sc1ccc(NC(=O)CC(C)(C)C)cc1)C(=O)Nc1ccccc1F. The number of para-hydroxylation sites is 1. The van der Waals surface area contributed by atoms with Gasteiger partial charge >= 0.3 is 0 Å². The van der Waals surface area contributed by atoms with E-state index in [2.05, 4.69) is 10.6 Å². The maximum Gasteiger partial charge on any atom is 0.237 e. The normalized spacial score (nSPS) is 12.3. The second kappa shape index (κ2) is 9.04. The molecule has 0 saturated carbocycles. The second-order valence-corrected chi connectivity index (χ2v) is 8.95. The van der Waals surface area contributed by atoms with Gasteiger partial charge < -0.3 is 10.6 Å². The minimum atomic E-state index is -0.460. The lowest BCUT2D eigenvalue weighted by molar-refractivity contribution is -0.118. The molecule has 1 unspecified atom stereocenters. The van der Waals surface area contributed by atoms with Crippen LogP contribution in [0.4, 0.5) is 15.8 Å². The molecule has 0 bridgehead atoms. The van der Waals surface area contributed by atoms with Crippen molar-refractivity contribution in [3.05, 3.63) is 54.3 Å². The van der Waals surface area contributed by atoms with E-state index in [1.54, 1.807) is 19.1 Å². The first-order valence-corrected chi connectivity index (χ1v) is 9.64. The molecule has 6 heteroatoms. The molecule has 0 aromatic heterocycles. The Morgan fingerprint density at radius 2 is 1.67 bits per heavy atom. The third kappa shape index (κ3) is 7.06. The number of halogens is 1. The summed E-state index contributed by atoms with van der Waals surface area (Å²) in [5, 5.41) is 5.07. The van der Waals surface area contributed by atoms with Gasteiger partial charge in [0.1, 0.15) is 5.82 Å². The Morgan fingerprint density at radius 3 is 2.26 bits per heavy atom. The highest BCUT2D eigenvalue weighted by Crippen LogP contribution is 2.26. The van der Waals surface area contributed by atoms with Gasteiger partial charge in [0, 0.05) is 17.0 Å². The Balaban J connectivity index is 1.90. The van der Waals surface area contributed by atoms with Gasteiger partial charge in [0.15, 0.2) is 0 Å². The van der Waals surface area contributed by atoms with Crippen LogP contribution in [-0.2, 0) is 9.59 Å². The molecule has 144 valence electrons. The van der Waals surface area contributed by atoms with Crippen molar-refractivity contribution in [2.45, 2.75) is 44.3 Å². The van der Waals surface area contributed by atoms with Crippen LogP contribution >= 0.6 is 11.8 Å². The van der Waals surface area contributed by atoms with Crippen LogP contribution in [0, 0.1) is 11.2 Å². The lowest BCUT2D eigenvalue weighted by atomic mass is 9.92. The molecule has 2 N–H and O–H groups in total. The first kappa shape index (κ1) is 21.0. The Labute approximate surface area is 163 Å². The molecular weight excluding hydrogens is 363 g/mol. The summed E-state index contributed by atoms with van der Waals surface area (Å²) in [6.45, 7) is 7.81. The molecule has 2 amide bonds. The van der Waals surface area contributed by atoms with E-state index in [-0.39, 0.29) is 22.9 Å². The number of hydrogen-bond acceptors (Lipinski definition) is 3. The molecule has 27 heavy (non-hydrogen) atoms. The van der Waals surface area contributed by atoms with E-state index in [9.17, 15) is 14.0 Å². The molecule has 4 nitrogen and oxygen atoms in total. The van der Waals surface area contributed by atoms with Gasteiger partial charge in [-0.2, -0.15) is 0 Å². The fraction of sp³-hybridized carbons (Fsp3) is 0.333. The van der Waals surface area contributed by atoms with Crippen LogP contribution in [0.5, 0.6) is 0 Å². The standard InChI is InChI=1S/C21H25FN2O2S/c1-14(20(26)24-18-8-6-5-7-17(18)22)27-16-11-9-15(10-12-16)23-19(25)13-21(2,3)4/h5-12,14H,13H2,1-4H3,(H,23,25)(H,24,26). The molecule has 2 aromatic carbocycles. The van der Waals surface area contributed by atoms with Gasteiger partial charge in [0.2, 0.25) is 11.8 Å². The van der Waals surface area contributed by atoms with Crippen LogP contribution in [0.15, 0.2) is 53.4 Å². The zero-order chi connectivity index (χ0) is 20.0. The van der Waals surface area contributed by atoms with Gasteiger partial charge in [-0.15, -0.1) is 11.8 Å². The van der Waals surface area contributed by atoms with Gasteiger partial charge in [0.05, 0.1) is 10.9 Å². The van der Waals surface area contributed by atoms with Crippen molar-refractivity contribution in [3.8, 4) is 0 Å². The Bertz CT molecular complexity index is 801. The highest BCUT2D eigenvalue weighted by atomic mass is 32.2. The topological polar surface area (TPSA) is 58.2 Å². The van der Waals surface area contributed by atoms with Crippen molar-refractivity contribution in [1.29, 1.82) is 0 Å². The quantitative estimate of drug-likeness (QED) is 0.659. The Kier molecular flexibility index (Phi) is 7.02. The zero-order valence-electron chi connectivity index (χ0n) is 16.0. The summed E-state index contributed by atoms with van der Waals surface area (Å²) in [5.74, 6) is -0.758. The zero-order valence-corrected chi connectivity index (χ0v) is 16.8. The van der Waals surface area contributed by atoms with Crippen LogP contribution in [0.1, 0.15) is 34.1 Å². The predicted molar refractivity (Wildman–Crippen MR) is 109 cm³/mol. The van der Waals surface area contributed by atoms with Crippen molar-refractivity contribution >= 4 is 35.0 Å². The summed E-state index contributed by atoms with van der Waals surface area (Å²) < 4.78 is 13.6. The van der Waals surface area contributed by atoms with Gasteiger partial charge in [0.25, 0.3) is 0 Å². The molecule has 0 aliphatic rings. The minimum Gasteiger partial charge on any atom is -0.326 e. The molecule has 1 atom stereocenters. The first-order chi connectivity index (χ1) is 12.6. The van der Waals surface area contributed by atoms with E-state index >= 15 is 0 Å². The number of anilines is 2. The molecule has 2 rings (SSSR count). The fourth-order valence-corrected chi connectivity index (χ4v) is 3.23. The number of amides is 2. The summed E-state index contributed by atoms with van der Waals surface area (Å²) >= 11 is 1.37. The largest absolute Gasteiger partial charge is 0.326 e. The molecule has 0 fully saturated rings. The van der Waals surface area contributed by atoms with Crippen LogP contribution in [0.25, 0.3) is 0 Å². The monoisotopic (exact) mass is 388 g/mol. The van der Waals surface area contributed by atoms with Gasteiger partial charge in [-0.3, -0.25) is 9.59 Å². The van der Waals surface area contributed by atoms with Crippen molar-refractivity contribution < 1.29 is 14.0 Å². The number of hydrogen-bond donors (Lipinski definition) is 2. The van der Waals surface area contributed by atoms with Crippen molar-refractivity contribution in [2.75, 3.05) is 10.6 Å². The summed E-state index contributed by atoms with van der Waals surface area (Å²) in [6.07, 6.45) is 0.441. The summed E-state index contributed by atoms with van der Waals surface area (Å²) in [7, 11) is 0. The maximum absolute atomic E-state index is 13.6. The Morgan fingerprint density at radius 1 is 1.04 bits per heavy atom. The molecule has 2 aromatic rings. The summed E-state index contributed by atoms with van der Waals surface area (Å²) in [6, 6.07) is 13.4. The molecular formula is C21H25FN2O2S. The summed E-state index contributed by atoms with van der Waals surface area (Å²) in [4.78, 5) is 25.1. The number of carbonyl (C=O) groups is 2. The predicted octanol–water partition coefficient (Wildman–Crippen LogP) is 5.32. The van der Waals surface area contributed by atoms with Gasteiger partial charge in [-0.1, -0.05) is 32.9 Å². The average molecular weight is 389 g/mol. The van der Waals surface area contributed by atoms with Crippen molar-refractivity contribution in [1.82, 2.24) is 0 Å². The van der Waals surface area contributed by atoms with Crippen LogP contribution in [-0.4, -0.2) is 17.1 Å². The van der Waals surface area contributed by atoms with E-state index < -0.39 is 11.1 Å². The molecule has 0 spiro atoms. The van der Waals surface area contributed by atoms with Crippen LogP contribution < -0.4 is 10.6 Å². The molecule has 0 radical (unpaired) electrons. The van der Waals surface area contributed by atoms with Crippen LogP contribution in [0.2, 0.25) is 0 Å². The van der Waals surface area contributed by atoms with E-state index in [0.29, 0.717) is 6.42 Å². The third-order valence-electron chi connectivity index (χ3n) is 3.64. The number of thioether (sulfide) groups is 1. The Hall–Kier alpha value is -2.34. The number of nitrogens with one attached hydrogen (secondary N) is 2. The lowest BCUT2D eigenvalue weighted by Gasteiger charge is -2.17. The van der Waals surface area contributed by atoms with Gasteiger partial charge in [-0.05, 0) is 48.7 Å².